The average Bonchev–Trinajstić information content (AvgIpc) is 3.65. The van der Waals surface area contributed by atoms with Gasteiger partial charge in [0.1, 0.15) is 41.7 Å². The summed E-state index contributed by atoms with van der Waals surface area (Å²) in [4.78, 5) is 5.46. The Morgan fingerprint density at radius 3 is 2.58 bits per heavy atom. The highest BCUT2D eigenvalue weighted by molar-refractivity contribution is 8.00. The van der Waals surface area contributed by atoms with E-state index in [-0.39, 0.29) is 0 Å². The van der Waals surface area contributed by atoms with Crippen molar-refractivity contribution < 1.29 is 23.7 Å². The molecule has 8 nitrogen and oxygen atoms in total. The highest BCUT2D eigenvalue weighted by atomic mass is 32.2. The normalized spacial score (nSPS) is 11.3. The molecular weight excluding hydrogens is 522 g/mol. The minimum absolute atomic E-state index is 0.308. The predicted molar refractivity (Wildman–Crippen MR) is 147 cm³/mol. The molecule has 0 fully saturated rings. The molecule has 0 spiro atoms. The Hall–Kier alpha value is -3.99. The Labute approximate surface area is 226 Å². The lowest BCUT2D eigenvalue weighted by molar-refractivity contribution is 0.0983. The molecule has 6 aromatic rings. The number of aromatic nitrogens is 3. The number of fused-ring (bicyclic) bond motifs is 2. The Bertz CT molecular complexity index is 1660. The van der Waals surface area contributed by atoms with Crippen LogP contribution in [-0.4, -0.2) is 32.8 Å². The Balaban J connectivity index is 1.24. The maximum atomic E-state index is 9.31. The third-order valence-electron chi connectivity index (χ3n) is 5.80. The fraction of sp³-hybridized carbons (Fsp3) is 0.143. The molecule has 0 saturated carbocycles. The average molecular weight is 546 g/mol. The van der Waals surface area contributed by atoms with Crippen LogP contribution in [0.15, 0.2) is 87.8 Å². The topological polar surface area (TPSA) is 91.3 Å². The molecule has 0 saturated heterocycles. The smallest absolute Gasteiger partial charge is 0.213 e. The molecule has 1 N–H and O–H groups in total. The van der Waals surface area contributed by atoms with Gasteiger partial charge in [-0.1, -0.05) is 65.6 Å². The van der Waals surface area contributed by atoms with Crippen LogP contribution in [0.25, 0.3) is 27.4 Å². The Kier molecular flexibility index (Phi) is 6.91. The van der Waals surface area contributed by atoms with E-state index in [1.54, 1.807) is 28.4 Å². The van der Waals surface area contributed by atoms with Crippen molar-refractivity contribution in [3.05, 3.63) is 90.1 Å². The molecule has 38 heavy (non-hydrogen) atoms. The van der Waals surface area contributed by atoms with E-state index in [4.69, 9.17) is 18.6 Å². The van der Waals surface area contributed by atoms with Crippen LogP contribution in [0.3, 0.4) is 0 Å². The number of imidazole rings is 1. The van der Waals surface area contributed by atoms with Crippen molar-refractivity contribution in [3.8, 4) is 28.7 Å². The van der Waals surface area contributed by atoms with Crippen molar-refractivity contribution in [2.24, 2.45) is 0 Å². The molecule has 0 radical (unpaired) electrons. The van der Waals surface area contributed by atoms with Crippen molar-refractivity contribution in [1.82, 2.24) is 14.6 Å². The fourth-order valence-corrected chi connectivity index (χ4v) is 5.34. The summed E-state index contributed by atoms with van der Waals surface area (Å²) in [6, 6.07) is 23.2. The number of rotatable bonds is 10. The van der Waals surface area contributed by atoms with Gasteiger partial charge in [-0.05, 0) is 35.6 Å². The van der Waals surface area contributed by atoms with Crippen LogP contribution in [0, 0.1) is 0 Å². The number of aliphatic hydroxyl groups excluding tert-OH is 1. The van der Waals surface area contributed by atoms with Crippen molar-refractivity contribution in [2.75, 3.05) is 13.0 Å². The van der Waals surface area contributed by atoms with Crippen LogP contribution in [0.1, 0.15) is 11.1 Å². The monoisotopic (exact) mass is 545 g/mol. The quantitative estimate of drug-likeness (QED) is 0.156. The first-order valence-corrected chi connectivity index (χ1v) is 13.8. The first kappa shape index (κ1) is 24.4. The van der Waals surface area contributed by atoms with Crippen LogP contribution in [-0.2, 0) is 13.2 Å². The van der Waals surface area contributed by atoms with E-state index in [1.165, 1.54) is 11.3 Å². The third kappa shape index (κ3) is 5.19. The van der Waals surface area contributed by atoms with Gasteiger partial charge in [-0.3, -0.25) is 0 Å². The number of thioether (sulfide) groups is 1. The molecule has 0 unspecified atom stereocenters. The number of hydrogen-bond acceptors (Lipinski definition) is 9. The van der Waals surface area contributed by atoms with E-state index in [1.807, 2.05) is 73.1 Å². The molecule has 0 aliphatic carbocycles. The summed E-state index contributed by atoms with van der Waals surface area (Å²) in [6.45, 7) is 0.340. The molecule has 3 aromatic carbocycles. The summed E-state index contributed by atoms with van der Waals surface area (Å²) in [7, 11) is 0. The van der Waals surface area contributed by atoms with Gasteiger partial charge in [-0.15, -0.1) is 5.10 Å². The molecule has 0 aliphatic heterocycles. The maximum Gasteiger partial charge on any atom is 0.213 e. The van der Waals surface area contributed by atoms with Gasteiger partial charge in [0.05, 0.1) is 11.6 Å². The molecule has 192 valence electrons. The summed E-state index contributed by atoms with van der Waals surface area (Å²) in [5.41, 5.74) is 3.29. The molecule has 3 aromatic heterocycles. The number of aliphatic hydroxyl groups is 1. The summed E-state index contributed by atoms with van der Waals surface area (Å²) in [6.07, 6.45) is 3.83. The zero-order chi connectivity index (χ0) is 25.9. The summed E-state index contributed by atoms with van der Waals surface area (Å²) in [5.74, 6) is 2.36. The van der Waals surface area contributed by atoms with Crippen LogP contribution in [0.2, 0.25) is 0 Å². The number of benzene rings is 3. The molecule has 10 heteroatoms. The zero-order valence-corrected chi connectivity index (χ0v) is 22.0. The van der Waals surface area contributed by atoms with E-state index >= 15 is 0 Å². The summed E-state index contributed by atoms with van der Waals surface area (Å²) >= 11 is 3.10. The molecule has 6 rings (SSSR count). The van der Waals surface area contributed by atoms with E-state index in [0.717, 1.165) is 31.6 Å². The molecular formula is C28H23N3O5S2. The highest BCUT2D eigenvalue weighted by Crippen LogP contribution is 2.38. The lowest BCUT2D eigenvalue weighted by Crippen LogP contribution is -1.99. The van der Waals surface area contributed by atoms with Crippen LogP contribution < -0.4 is 14.2 Å². The lowest BCUT2D eigenvalue weighted by Gasteiger charge is -2.11. The Morgan fingerprint density at radius 1 is 0.921 bits per heavy atom. The van der Waals surface area contributed by atoms with Crippen LogP contribution in [0.4, 0.5) is 0 Å². The minimum Gasteiger partial charge on any atom is -0.489 e. The second kappa shape index (κ2) is 10.8. The first-order chi connectivity index (χ1) is 18.7. The van der Waals surface area contributed by atoms with E-state index in [0.29, 0.717) is 41.7 Å². The summed E-state index contributed by atoms with van der Waals surface area (Å²) in [5, 5.41) is 14.6. The number of nitrogens with zero attached hydrogens (tertiary/aromatic N) is 3. The predicted octanol–water partition coefficient (Wildman–Crippen LogP) is 6.41. The van der Waals surface area contributed by atoms with Gasteiger partial charge in [0, 0.05) is 12.1 Å². The lowest BCUT2D eigenvalue weighted by atomic mass is 10.2. The molecule has 0 atom stereocenters. The first-order valence-electron chi connectivity index (χ1n) is 11.8. The number of furan rings is 1. The van der Waals surface area contributed by atoms with Gasteiger partial charge in [-0.2, -0.15) is 0 Å². The standard InChI is InChI=1S/C28H23N3O5S2/c1-37-28-30-31-14-23(29-27(31)38-28)26-13-22-24(11-21(35-17-32)12-25(22)36-26)34-16-19-8-5-9-20(10-19)33-15-18-6-3-2-4-7-18/h2-14,32H,15-17H2,1H3. The second-order valence-corrected chi connectivity index (χ2v) is 10.4. The summed E-state index contributed by atoms with van der Waals surface area (Å²) < 4.78 is 26.3. The van der Waals surface area contributed by atoms with Crippen molar-refractivity contribution in [3.63, 3.8) is 0 Å². The Morgan fingerprint density at radius 2 is 1.76 bits per heavy atom. The van der Waals surface area contributed by atoms with E-state index in [2.05, 4.69) is 10.1 Å². The molecule has 0 bridgehead atoms. The van der Waals surface area contributed by atoms with E-state index in [9.17, 15) is 5.11 Å². The minimum atomic E-state index is -0.458. The van der Waals surface area contributed by atoms with Crippen molar-refractivity contribution in [1.29, 1.82) is 0 Å². The zero-order valence-electron chi connectivity index (χ0n) is 20.4. The van der Waals surface area contributed by atoms with Gasteiger partial charge in [-0.25, -0.2) is 9.50 Å². The fourth-order valence-electron chi connectivity index (χ4n) is 4.00. The van der Waals surface area contributed by atoms with Crippen molar-refractivity contribution in [2.45, 2.75) is 17.6 Å². The number of ether oxygens (including phenoxy) is 3. The highest BCUT2D eigenvalue weighted by Gasteiger charge is 2.17. The van der Waals surface area contributed by atoms with E-state index < -0.39 is 6.79 Å². The molecule has 3 heterocycles. The van der Waals surface area contributed by atoms with Gasteiger partial charge in [0.25, 0.3) is 0 Å². The molecule has 0 amide bonds. The SMILES string of the molecule is CSc1nn2cc(-c3cc4c(OCc5cccc(OCc6ccccc6)c5)cc(OCO)cc4o3)nc2s1. The largest absolute Gasteiger partial charge is 0.489 e. The molecule has 0 aliphatic rings. The van der Waals surface area contributed by atoms with Crippen LogP contribution in [0.5, 0.6) is 17.2 Å². The van der Waals surface area contributed by atoms with Gasteiger partial charge in [0.2, 0.25) is 4.96 Å². The second-order valence-electron chi connectivity index (χ2n) is 8.35. The van der Waals surface area contributed by atoms with Gasteiger partial charge < -0.3 is 23.7 Å². The number of hydrogen-bond donors (Lipinski definition) is 1. The maximum absolute atomic E-state index is 9.31. The van der Waals surface area contributed by atoms with Crippen LogP contribution >= 0.6 is 23.1 Å². The van der Waals surface area contributed by atoms with Gasteiger partial charge >= 0.3 is 0 Å². The third-order valence-corrected chi connectivity index (χ3v) is 7.70. The van der Waals surface area contributed by atoms with Gasteiger partial charge in [0.15, 0.2) is 16.9 Å². The van der Waals surface area contributed by atoms with Crippen molar-refractivity contribution >= 4 is 39.0 Å².